The van der Waals surface area contributed by atoms with Crippen molar-refractivity contribution in [2.45, 2.75) is 90.2 Å². The largest absolute Gasteiger partial charge is 0.507 e. The second-order valence-corrected chi connectivity index (χ2v) is 13.8. The van der Waals surface area contributed by atoms with Crippen LogP contribution in [0.4, 0.5) is 0 Å². The van der Waals surface area contributed by atoms with Crippen molar-refractivity contribution in [3.8, 4) is 28.7 Å². The van der Waals surface area contributed by atoms with E-state index in [1.807, 2.05) is 38.1 Å². The molecule has 54 heavy (non-hydrogen) atoms. The number of methoxy groups -OCH3 is 3. The van der Waals surface area contributed by atoms with Crippen molar-refractivity contribution < 1.29 is 43.5 Å². The van der Waals surface area contributed by atoms with Gasteiger partial charge in [-0.1, -0.05) is 44.6 Å². The fourth-order valence-electron chi connectivity index (χ4n) is 6.96. The van der Waals surface area contributed by atoms with Crippen LogP contribution >= 0.6 is 0 Å². The minimum atomic E-state index is -1.02. The second kappa shape index (κ2) is 18.0. The third-order valence-electron chi connectivity index (χ3n) is 10.1. The van der Waals surface area contributed by atoms with Gasteiger partial charge < -0.3 is 39.5 Å². The lowest BCUT2D eigenvalue weighted by atomic mass is 9.84. The van der Waals surface area contributed by atoms with Gasteiger partial charge in [0.25, 0.3) is 0 Å². The van der Waals surface area contributed by atoms with Crippen LogP contribution in [0, 0.1) is 5.92 Å². The van der Waals surface area contributed by atoms with Gasteiger partial charge in [0.2, 0.25) is 11.7 Å². The fourth-order valence-corrected chi connectivity index (χ4v) is 6.96. The molecule has 12 nitrogen and oxygen atoms in total. The van der Waals surface area contributed by atoms with Crippen LogP contribution < -0.4 is 19.5 Å². The maximum Gasteiger partial charge on any atom is 0.342 e. The Balaban J connectivity index is 1.63. The molecule has 0 aliphatic carbocycles. The number of para-hydroxylation sites is 2. The number of phenols is 2. The molecule has 1 aromatic heterocycles. The van der Waals surface area contributed by atoms with Crippen LogP contribution in [0.5, 0.6) is 28.7 Å². The summed E-state index contributed by atoms with van der Waals surface area (Å²) in [6.07, 6.45) is 6.41. The van der Waals surface area contributed by atoms with Gasteiger partial charge in [-0.3, -0.25) is 9.59 Å². The molecule has 12 heteroatoms. The number of imidazole rings is 1. The number of H-pyrrole nitrogens is 1. The highest BCUT2D eigenvalue weighted by molar-refractivity contribution is 5.98. The van der Waals surface area contributed by atoms with Gasteiger partial charge in [-0.2, -0.15) is 0 Å². The monoisotopic (exact) mass is 741 g/mol. The van der Waals surface area contributed by atoms with Crippen molar-refractivity contribution in [2.75, 3.05) is 21.3 Å². The molecule has 0 radical (unpaired) electrons. The minimum absolute atomic E-state index is 0.0103. The number of nitrogens with one attached hydrogen (secondary N) is 2. The molecule has 3 aromatic carbocycles. The summed E-state index contributed by atoms with van der Waals surface area (Å²) in [5.74, 6) is -1.41. The molecule has 5 rings (SSSR count). The number of amides is 1. The molecular weight excluding hydrogens is 690 g/mol. The van der Waals surface area contributed by atoms with Gasteiger partial charge in [0, 0.05) is 30.7 Å². The number of ketones is 1. The number of hydrogen-bond donors (Lipinski definition) is 4. The number of cyclic esters (lactones) is 1. The van der Waals surface area contributed by atoms with Crippen LogP contribution in [-0.4, -0.2) is 65.3 Å². The van der Waals surface area contributed by atoms with E-state index in [0.717, 1.165) is 17.5 Å². The topological polar surface area (TPSA) is 169 Å². The third-order valence-corrected chi connectivity index (χ3v) is 10.1. The van der Waals surface area contributed by atoms with E-state index in [4.69, 9.17) is 23.9 Å². The highest BCUT2D eigenvalue weighted by Gasteiger charge is 2.33. The highest BCUT2D eigenvalue weighted by Crippen LogP contribution is 2.48. The summed E-state index contributed by atoms with van der Waals surface area (Å²) in [6.45, 7) is 5.80. The number of allylic oxidation sites excluding steroid dienone is 1. The van der Waals surface area contributed by atoms with Gasteiger partial charge in [-0.05, 0) is 80.0 Å². The highest BCUT2D eigenvalue weighted by atomic mass is 16.5. The van der Waals surface area contributed by atoms with E-state index < -0.39 is 35.7 Å². The molecule has 0 fully saturated rings. The number of nitrogens with zero attached hydrogens (tertiary/aromatic N) is 1. The summed E-state index contributed by atoms with van der Waals surface area (Å²) in [5, 5.41) is 27.0. The first-order chi connectivity index (χ1) is 26.0. The van der Waals surface area contributed by atoms with Gasteiger partial charge >= 0.3 is 5.97 Å². The molecule has 2 heterocycles. The van der Waals surface area contributed by atoms with Gasteiger partial charge in [-0.25, -0.2) is 9.78 Å². The first kappa shape index (κ1) is 39.7. The molecule has 4 atom stereocenters. The first-order valence-corrected chi connectivity index (χ1v) is 18.5. The number of Topliss-reactive ketones (excluding diaryl/α,β-unsaturated/α-hetero) is 1. The van der Waals surface area contributed by atoms with Crippen LogP contribution in [0.3, 0.4) is 0 Å². The number of carbonyl (C=O) groups is 3. The standard InChI is InChI=1S/C42H51N3O9/c1-7-24(2)38(41-43-30-18-11-12-19-31(30)44-41)45-35(48)23-29(27-21-33(51-4)40(53-6)34(22-27)52-5)37-32(47)20-26-15-9-8-10-16-28(46)17-13-14-25(3)54-42(50)36(26)39(37)49/h9,11-12,15,18-22,24-25,29,38,47,49H,7-8,10,13-14,16-17,23H2,1-6H3,(H,43,44)(H,45,48). The Morgan fingerprint density at radius 3 is 2.41 bits per heavy atom. The van der Waals surface area contributed by atoms with E-state index in [9.17, 15) is 24.6 Å². The van der Waals surface area contributed by atoms with E-state index in [2.05, 4.69) is 10.3 Å². The quantitative estimate of drug-likeness (QED) is 0.111. The molecule has 4 N–H and O–H groups in total. The Bertz CT molecular complexity index is 1940. The van der Waals surface area contributed by atoms with Crippen LogP contribution in [0.2, 0.25) is 0 Å². The number of fused-ring (bicyclic) bond motifs is 2. The third kappa shape index (κ3) is 8.98. The molecule has 1 aliphatic heterocycles. The zero-order valence-corrected chi connectivity index (χ0v) is 31.9. The normalized spacial score (nSPS) is 17.1. The molecule has 0 spiro atoms. The number of aromatic nitrogens is 2. The number of esters is 1. The number of carbonyl (C=O) groups excluding carboxylic acids is 3. The lowest BCUT2D eigenvalue weighted by molar-refractivity contribution is -0.122. The maximum absolute atomic E-state index is 14.3. The van der Waals surface area contributed by atoms with E-state index >= 15 is 0 Å². The van der Waals surface area contributed by atoms with E-state index in [1.165, 1.54) is 27.4 Å². The van der Waals surface area contributed by atoms with Gasteiger partial charge in [-0.15, -0.1) is 0 Å². The molecule has 288 valence electrons. The van der Waals surface area contributed by atoms with Gasteiger partial charge in [0.15, 0.2) is 11.5 Å². The average Bonchev–Trinajstić information content (AvgIpc) is 3.59. The predicted octanol–water partition coefficient (Wildman–Crippen LogP) is 7.91. The molecule has 4 unspecified atom stereocenters. The van der Waals surface area contributed by atoms with Crippen molar-refractivity contribution in [2.24, 2.45) is 5.92 Å². The number of rotatable bonds is 11. The summed E-state index contributed by atoms with van der Waals surface area (Å²) in [7, 11) is 4.40. The summed E-state index contributed by atoms with van der Waals surface area (Å²) in [5.41, 5.74) is 2.10. The minimum Gasteiger partial charge on any atom is -0.507 e. The number of aromatic amines is 1. The van der Waals surface area contributed by atoms with Crippen LogP contribution in [0.15, 0.2) is 48.5 Å². The zero-order chi connectivity index (χ0) is 38.9. The number of hydrogen-bond acceptors (Lipinski definition) is 10. The van der Waals surface area contributed by atoms with E-state index in [1.54, 1.807) is 31.2 Å². The Kier molecular flexibility index (Phi) is 13.2. The summed E-state index contributed by atoms with van der Waals surface area (Å²) >= 11 is 0. The molecule has 0 saturated heterocycles. The van der Waals surface area contributed by atoms with Crippen molar-refractivity contribution in [3.05, 3.63) is 76.6 Å². The summed E-state index contributed by atoms with van der Waals surface area (Å²) in [6, 6.07) is 11.8. The van der Waals surface area contributed by atoms with Crippen LogP contribution in [0.1, 0.15) is 117 Å². The Morgan fingerprint density at radius 2 is 1.74 bits per heavy atom. The van der Waals surface area contributed by atoms with E-state index in [-0.39, 0.29) is 40.6 Å². The SMILES string of the molecule is CCC(C)C(NC(=O)CC(c1cc(OC)c(OC)c(OC)c1)c1c(O)cc2c(c1O)C(=O)OC(C)CCCC(=O)CCCC=C2)c1nc2ccccc2[nH]1. The Hall–Kier alpha value is -5.52. The smallest absolute Gasteiger partial charge is 0.342 e. The van der Waals surface area contributed by atoms with E-state index in [0.29, 0.717) is 67.2 Å². The number of phenolic OH excluding ortho intramolecular Hbond substituents is 2. The van der Waals surface area contributed by atoms with Crippen molar-refractivity contribution >= 4 is 34.8 Å². The average molecular weight is 742 g/mol. The predicted molar refractivity (Wildman–Crippen MR) is 205 cm³/mol. The maximum atomic E-state index is 14.3. The summed E-state index contributed by atoms with van der Waals surface area (Å²) in [4.78, 5) is 48.6. The van der Waals surface area contributed by atoms with Gasteiger partial charge in [0.1, 0.15) is 28.7 Å². The van der Waals surface area contributed by atoms with Crippen LogP contribution in [-0.2, 0) is 14.3 Å². The number of aromatic hydroxyl groups is 2. The molecular formula is C42H51N3O9. The fraction of sp³-hybridized carbons (Fsp3) is 0.429. The zero-order valence-electron chi connectivity index (χ0n) is 31.9. The van der Waals surface area contributed by atoms with Crippen LogP contribution in [0.25, 0.3) is 17.1 Å². The van der Waals surface area contributed by atoms with Crippen molar-refractivity contribution in [3.63, 3.8) is 0 Å². The van der Waals surface area contributed by atoms with Gasteiger partial charge in [0.05, 0.1) is 44.5 Å². The first-order valence-electron chi connectivity index (χ1n) is 18.5. The molecule has 4 aromatic rings. The number of ether oxygens (including phenoxy) is 4. The lowest BCUT2D eigenvalue weighted by Crippen LogP contribution is -2.34. The molecule has 0 bridgehead atoms. The molecule has 1 aliphatic rings. The molecule has 0 saturated carbocycles. The number of benzene rings is 3. The lowest BCUT2D eigenvalue weighted by Gasteiger charge is -2.26. The van der Waals surface area contributed by atoms with Crippen molar-refractivity contribution in [1.82, 2.24) is 15.3 Å². The molecule has 1 amide bonds. The van der Waals surface area contributed by atoms with Crippen molar-refractivity contribution in [1.29, 1.82) is 0 Å². The summed E-state index contributed by atoms with van der Waals surface area (Å²) < 4.78 is 22.6. The Morgan fingerprint density at radius 1 is 1.04 bits per heavy atom. The second-order valence-electron chi connectivity index (χ2n) is 13.8. The Labute approximate surface area is 315 Å².